The second kappa shape index (κ2) is 11.7. The van der Waals surface area contributed by atoms with Crippen LogP contribution in [0.15, 0.2) is 18.3 Å². The Balaban J connectivity index is 1.12. The Bertz CT molecular complexity index is 972. The molecule has 4 rings (SSSR count). The van der Waals surface area contributed by atoms with Gasteiger partial charge in [0.1, 0.15) is 5.75 Å². The second-order valence-corrected chi connectivity index (χ2v) is 10.8. The number of aromatic nitrogens is 2. The SMILES string of the molecule is Cc1ccc(OCC(=O)N[C@H]2CC[C@H](CCN3CCc4sc(CCC(F)(F)F)nc4C3)CC2)cn1. The van der Waals surface area contributed by atoms with Crippen LogP contribution in [-0.2, 0) is 24.2 Å². The monoisotopic (exact) mass is 510 g/mol. The van der Waals surface area contributed by atoms with E-state index in [1.165, 1.54) is 11.3 Å². The number of alkyl halides is 3. The van der Waals surface area contributed by atoms with Crippen LogP contribution in [0.25, 0.3) is 0 Å². The molecule has 0 saturated heterocycles. The first-order valence-corrected chi connectivity index (χ1v) is 13.2. The molecule has 1 aliphatic heterocycles. The number of hydrogen-bond donors (Lipinski definition) is 1. The summed E-state index contributed by atoms with van der Waals surface area (Å²) in [5.74, 6) is 1.13. The third-order valence-corrected chi connectivity index (χ3v) is 8.01. The van der Waals surface area contributed by atoms with E-state index < -0.39 is 12.6 Å². The van der Waals surface area contributed by atoms with Gasteiger partial charge in [-0.2, -0.15) is 13.2 Å². The average molecular weight is 511 g/mol. The number of nitrogens with one attached hydrogen (secondary N) is 1. The number of hydrogen-bond acceptors (Lipinski definition) is 6. The number of carbonyl (C=O) groups is 1. The standard InChI is InChI=1S/C25H33F3N4O2S/c1-17-2-7-20(14-29-17)34-16-23(33)30-19-5-3-18(4-6-19)9-12-32-13-10-22-21(15-32)31-24(35-22)8-11-25(26,27)28/h2,7,14,18-19H,3-6,8-13,15-16H2,1H3,(H,30,33)/t18-,19-. The molecule has 0 spiro atoms. The van der Waals surface area contributed by atoms with E-state index in [-0.39, 0.29) is 25.0 Å². The van der Waals surface area contributed by atoms with Gasteiger partial charge in [0.2, 0.25) is 0 Å². The first-order chi connectivity index (χ1) is 16.7. The molecule has 3 heterocycles. The first kappa shape index (κ1) is 25.9. The molecular weight excluding hydrogens is 477 g/mol. The van der Waals surface area contributed by atoms with Crippen LogP contribution in [0.1, 0.15) is 59.8 Å². The van der Waals surface area contributed by atoms with E-state index in [1.807, 2.05) is 19.1 Å². The lowest BCUT2D eigenvalue weighted by molar-refractivity contribution is -0.134. The highest BCUT2D eigenvalue weighted by Gasteiger charge is 2.29. The largest absolute Gasteiger partial charge is 0.482 e. The van der Waals surface area contributed by atoms with E-state index in [9.17, 15) is 18.0 Å². The van der Waals surface area contributed by atoms with Crippen LogP contribution in [-0.4, -0.2) is 52.7 Å². The number of halogens is 3. The van der Waals surface area contributed by atoms with Gasteiger partial charge < -0.3 is 10.1 Å². The predicted octanol–water partition coefficient (Wildman–Crippen LogP) is 4.84. The molecule has 1 amide bonds. The number of rotatable bonds is 9. The van der Waals surface area contributed by atoms with Crippen molar-refractivity contribution < 1.29 is 22.7 Å². The molecule has 1 saturated carbocycles. The number of fused-ring (bicyclic) bond motifs is 1. The summed E-state index contributed by atoms with van der Waals surface area (Å²) in [4.78, 5) is 24.4. The fourth-order valence-corrected chi connectivity index (χ4v) is 5.84. The van der Waals surface area contributed by atoms with Gasteiger partial charge in [-0.3, -0.25) is 14.7 Å². The van der Waals surface area contributed by atoms with Crippen molar-refractivity contribution in [3.8, 4) is 5.75 Å². The van der Waals surface area contributed by atoms with Crippen LogP contribution < -0.4 is 10.1 Å². The summed E-state index contributed by atoms with van der Waals surface area (Å²) in [6.45, 7) is 4.55. The van der Waals surface area contributed by atoms with Gasteiger partial charge in [-0.1, -0.05) is 0 Å². The summed E-state index contributed by atoms with van der Waals surface area (Å²) in [5, 5.41) is 3.69. The molecular formula is C25H33F3N4O2S. The van der Waals surface area contributed by atoms with E-state index in [1.54, 1.807) is 6.20 Å². The molecule has 6 nitrogen and oxygen atoms in total. The summed E-state index contributed by atoms with van der Waals surface area (Å²) in [7, 11) is 0. The Morgan fingerprint density at radius 3 is 2.77 bits per heavy atom. The van der Waals surface area contributed by atoms with Crippen molar-refractivity contribution in [3.05, 3.63) is 39.6 Å². The molecule has 0 unspecified atom stereocenters. The van der Waals surface area contributed by atoms with Gasteiger partial charge >= 0.3 is 6.18 Å². The van der Waals surface area contributed by atoms with Gasteiger partial charge in [-0.25, -0.2) is 4.98 Å². The molecule has 192 valence electrons. The number of ether oxygens (including phenoxy) is 1. The lowest BCUT2D eigenvalue weighted by Gasteiger charge is -2.32. The predicted molar refractivity (Wildman–Crippen MR) is 128 cm³/mol. The van der Waals surface area contributed by atoms with Gasteiger partial charge in [0.15, 0.2) is 6.61 Å². The molecule has 35 heavy (non-hydrogen) atoms. The van der Waals surface area contributed by atoms with Crippen LogP contribution in [0.4, 0.5) is 13.2 Å². The highest BCUT2D eigenvalue weighted by Crippen LogP contribution is 2.31. The maximum absolute atomic E-state index is 12.5. The van der Waals surface area contributed by atoms with E-state index in [0.29, 0.717) is 16.7 Å². The van der Waals surface area contributed by atoms with E-state index in [2.05, 4.69) is 20.2 Å². The van der Waals surface area contributed by atoms with Crippen LogP contribution in [0.2, 0.25) is 0 Å². The Hall–Kier alpha value is -2.20. The Morgan fingerprint density at radius 1 is 1.26 bits per heavy atom. The highest BCUT2D eigenvalue weighted by atomic mass is 32.1. The minimum Gasteiger partial charge on any atom is -0.482 e. The van der Waals surface area contributed by atoms with Gasteiger partial charge in [0.25, 0.3) is 5.91 Å². The average Bonchev–Trinajstić information content (AvgIpc) is 3.24. The zero-order valence-electron chi connectivity index (χ0n) is 20.1. The zero-order valence-corrected chi connectivity index (χ0v) is 20.9. The maximum atomic E-state index is 12.5. The number of pyridine rings is 1. The Labute approximate surface area is 208 Å². The van der Waals surface area contributed by atoms with E-state index >= 15 is 0 Å². The molecule has 1 fully saturated rings. The van der Waals surface area contributed by atoms with E-state index in [0.717, 1.165) is 74.4 Å². The molecule has 0 bridgehead atoms. The summed E-state index contributed by atoms with van der Waals surface area (Å²) in [6.07, 6.45) is 2.77. The highest BCUT2D eigenvalue weighted by molar-refractivity contribution is 7.11. The van der Waals surface area contributed by atoms with Crippen molar-refractivity contribution in [2.75, 3.05) is 19.7 Å². The summed E-state index contributed by atoms with van der Waals surface area (Å²) in [6, 6.07) is 3.86. The summed E-state index contributed by atoms with van der Waals surface area (Å²) in [5.41, 5.74) is 1.87. The molecule has 0 radical (unpaired) electrons. The van der Waals surface area contributed by atoms with Crippen molar-refractivity contribution >= 4 is 17.2 Å². The molecule has 0 aromatic carbocycles. The van der Waals surface area contributed by atoms with Gasteiger partial charge in [0.05, 0.1) is 16.9 Å². The van der Waals surface area contributed by atoms with Crippen LogP contribution >= 0.6 is 11.3 Å². The Kier molecular flexibility index (Phi) is 8.64. The molecule has 2 aromatic rings. The quantitative estimate of drug-likeness (QED) is 0.523. The summed E-state index contributed by atoms with van der Waals surface area (Å²) < 4.78 is 43.0. The number of thiazole rings is 1. The van der Waals surface area contributed by atoms with Crippen LogP contribution in [0.3, 0.4) is 0 Å². The lowest BCUT2D eigenvalue weighted by Crippen LogP contribution is -2.40. The van der Waals surface area contributed by atoms with Gasteiger partial charge in [-0.05, 0) is 70.0 Å². The molecule has 2 aliphatic rings. The topological polar surface area (TPSA) is 67.3 Å². The number of carbonyl (C=O) groups excluding carboxylic acids is 1. The smallest absolute Gasteiger partial charge is 0.389 e. The second-order valence-electron chi connectivity index (χ2n) is 9.62. The number of nitrogens with zero attached hydrogens (tertiary/aromatic N) is 3. The number of aryl methyl sites for hydroxylation is 2. The van der Waals surface area contributed by atoms with Crippen LogP contribution in [0, 0.1) is 12.8 Å². The fourth-order valence-electron chi connectivity index (χ4n) is 4.77. The van der Waals surface area contributed by atoms with Gasteiger partial charge in [-0.15, -0.1) is 11.3 Å². The van der Waals surface area contributed by atoms with Crippen molar-refractivity contribution in [2.24, 2.45) is 5.92 Å². The zero-order chi connectivity index (χ0) is 24.8. The minimum absolute atomic E-state index is 0.00381. The Morgan fingerprint density at radius 2 is 2.06 bits per heavy atom. The fraction of sp³-hybridized carbons (Fsp3) is 0.640. The molecule has 2 aromatic heterocycles. The summed E-state index contributed by atoms with van der Waals surface area (Å²) >= 11 is 1.45. The molecule has 1 aliphatic carbocycles. The van der Waals surface area contributed by atoms with Crippen molar-refractivity contribution in [1.29, 1.82) is 0 Å². The van der Waals surface area contributed by atoms with Crippen molar-refractivity contribution in [2.45, 2.75) is 77.1 Å². The van der Waals surface area contributed by atoms with E-state index in [4.69, 9.17) is 4.74 Å². The van der Waals surface area contributed by atoms with Gasteiger partial charge in [0, 0.05) is 42.5 Å². The third kappa shape index (κ3) is 8.17. The third-order valence-electron chi connectivity index (χ3n) is 6.79. The lowest BCUT2D eigenvalue weighted by atomic mass is 9.84. The first-order valence-electron chi connectivity index (χ1n) is 12.3. The minimum atomic E-state index is -4.13. The van der Waals surface area contributed by atoms with Crippen LogP contribution in [0.5, 0.6) is 5.75 Å². The van der Waals surface area contributed by atoms with Crippen molar-refractivity contribution in [3.63, 3.8) is 0 Å². The molecule has 0 atom stereocenters. The van der Waals surface area contributed by atoms with Crippen molar-refractivity contribution in [1.82, 2.24) is 20.2 Å². The molecule has 10 heteroatoms. The maximum Gasteiger partial charge on any atom is 0.389 e. The molecule has 1 N–H and O–H groups in total. The number of amides is 1. The normalized spacial score (nSPS) is 20.9.